The monoisotopic (exact) mass is 139 g/mol. The molecule has 0 unspecified atom stereocenters. The van der Waals surface area contributed by atoms with Crippen LogP contribution in [0, 0.1) is 0 Å². The fourth-order valence-electron chi connectivity index (χ4n) is 0.134. The van der Waals surface area contributed by atoms with Gasteiger partial charge in [-0.15, -0.1) is 0 Å². The first kappa shape index (κ1) is 11.6. The molecule has 0 fully saturated rings. The van der Waals surface area contributed by atoms with Gasteiger partial charge in [0, 0.05) is 0 Å². The maximum Gasteiger partial charge on any atom is 0.183 e. The second kappa shape index (κ2) is 4.66. The van der Waals surface area contributed by atoms with Crippen LogP contribution in [0.1, 0.15) is 0 Å². The Morgan fingerprint density at radius 1 is 1.00 bits per heavy atom. The number of hydrogen-bond donors (Lipinski definition) is 3. The molecule has 0 saturated heterocycles. The molecular formula is C4H13NO4. The molecule has 0 saturated carbocycles. The van der Waals surface area contributed by atoms with Crippen LogP contribution in [0.4, 0.5) is 0 Å². The molecular weight excluding hydrogens is 126 g/mol. The molecule has 5 nitrogen and oxygen atoms in total. The van der Waals surface area contributed by atoms with Crippen LogP contribution >= 0.6 is 0 Å². The molecule has 9 heavy (non-hydrogen) atoms. The first-order valence-electron chi connectivity index (χ1n) is 2.34. The van der Waals surface area contributed by atoms with Gasteiger partial charge >= 0.3 is 0 Å². The quantitative estimate of drug-likeness (QED) is 0.315. The zero-order chi connectivity index (χ0) is 6.62. The Labute approximate surface area is 53.7 Å². The van der Waals surface area contributed by atoms with E-state index in [0.29, 0.717) is 0 Å². The predicted octanol–water partition coefficient (Wildman–Crippen LogP) is -1.89. The third kappa shape index (κ3) is 3.39. The summed E-state index contributed by atoms with van der Waals surface area (Å²) in [6.07, 6.45) is 0. The largest absolute Gasteiger partial charge is 0.870 e. The fourth-order valence-corrected chi connectivity index (χ4v) is 0.134. The van der Waals surface area contributed by atoms with Gasteiger partial charge in [-0.3, -0.25) is 4.48 Å². The Morgan fingerprint density at radius 3 is 1.22 bits per heavy atom. The first-order valence-corrected chi connectivity index (χ1v) is 2.34. The van der Waals surface area contributed by atoms with Crippen molar-refractivity contribution in [2.75, 3.05) is 27.2 Å². The zero-order valence-corrected chi connectivity index (χ0v) is 5.36. The normalized spacial score (nSPS) is 10.7. The molecule has 4 N–H and O–H groups in total. The average Bonchev–Trinajstić information content (AvgIpc) is 1.87. The molecule has 0 atom stereocenters. The summed E-state index contributed by atoms with van der Waals surface area (Å²) >= 11 is 0. The van der Waals surface area contributed by atoms with Crippen molar-refractivity contribution < 1.29 is 25.3 Å². The molecule has 0 amide bonds. The Hall–Kier alpha value is -0.200. The smallest absolute Gasteiger partial charge is 0.183 e. The van der Waals surface area contributed by atoms with Crippen molar-refractivity contribution in [2.24, 2.45) is 0 Å². The van der Waals surface area contributed by atoms with E-state index >= 15 is 0 Å². The van der Waals surface area contributed by atoms with Gasteiger partial charge in [0.25, 0.3) is 0 Å². The van der Waals surface area contributed by atoms with Crippen LogP contribution in [0.15, 0.2) is 0 Å². The summed E-state index contributed by atoms with van der Waals surface area (Å²) in [5, 5.41) is 25.3. The molecule has 0 aliphatic heterocycles. The molecule has 0 aromatic rings. The SMILES string of the molecule is C[N+](CO)(CO)CO.[OH-]. The highest BCUT2D eigenvalue weighted by atomic mass is 16.3. The maximum atomic E-state index is 8.44. The van der Waals surface area contributed by atoms with Crippen LogP contribution in [-0.2, 0) is 0 Å². The van der Waals surface area contributed by atoms with Crippen LogP contribution in [-0.4, -0.2) is 52.5 Å². The fraction of sp³-hybridized carbons (Fsp3) is 1.00. The molecule has 0 aliphatic carbocycles. The van der Waals surface area contributed by atoms with Gasteiger partial charge in [0.2, 0.25) is 0 Å². The summed E-state index contributed by atoms with van der Waals surface area (Å²) in [6, 6.07) is 0. The van der Waals surface area contributed by atoms with Crippen molar-refractivity contribution in [3.8, 4) is 0 Å². The molecule has 0 spiro atoms. The van der Waals surface area contributed by atoms with E-state index in [1.54, 1.807) is 7.05 Å². The predicted molar refractivity (Wildman–Crippen MR) is 29.4 cm³/mol. The van der Waals surface area contributed by atoms with Crippen molar-refractivity contribution >= 4 is 0 Å². The van der Waals surface area contributed by atoms with E-state index in [9.17, 15) is 0 Å². The lowest BCUT2D eigenvalue weighted by Crippen LogP contribution is -2.46. The minimum atomic E-state index is -0.243. The highest BCUT2D eigenvalue weighted by Crippen LogP contribution is 1.93. The number of hydrogen-bond acceptors (Lipinski definition) is 4. The van der Waals surface area contributed by atoms with E-state index in [-0.39, 0.29) is 30.2 Å². The third-order valence-electron chi connectivity index (χ3n) is 1.02. The van der Waals surface area contributed by atoms with Gasteiger partial charge in [0.05, 0.1) is 7.05 Å². The highest BCUT2D eigenvalue weighted by molar-refractivity contribution is 4.06. The van der Waals surface area contributed by atoms with E-state index in [4.69, 9.17) is 15.3 Å². The lowest BCUT2D eigenvalue weighted by Gasteiger charge is -2.25. The topological polar surface area (TPSA) is 90.7 Å². The minimum Gasteiger partial charge on any atom is -0.870 e. The first-order chi connectivity index (χ1) is 3.68. The molecule has 0 bridgehead atoms. The number of aliphatic hydroxyl groups is 3. The van der Waals surface area contributed by atoms with Gasteiger partial charge in [-0.05, 0) is 0 Å². The van der Waals surface area contributed by atoms with E-state index in [1.165, 1.54) is 0 Å². The highest BCUT2D eigenvalue weighted by Gasteiger charge is 2.15. The van der Waals surface area contributed by atoms with Crippen molar-refractivity contribution in [3.05, 3.63) is 0 Å². The van der Waals surface area contributed by atoms with Crippen molar-refractivity contribution in [3.63, 3.8) is 0 Å². The molecule has 0 aromatic carbocycles. The van der Waals surface area contributed by atoms with Crippen molar-refractivity contribution in [1.29, 1.82) is 0 Å². The van der Waals surface area contributed by atoms with E-state index in [0.717, 1.165) is 0 Å². The van der Waals surface area contributed by atoms with E-state index in [2.05, 4.69) is 0 Å². The van der Waals surface area contributed by atoms with Gasteiger partial charge in [0.1, 0.15) is 0 Å². The Balaban J connectivity index is 0. The summed E-state index contributed by atoms with van der Waals surface area (Å²) in [5.41, 5.74) is 0. The van der Waals surface area contributed by atoms with Crippen LogP contribution in [0.5, 0.6) is 0 Å². The molecule has 0 aromatic heterocycles. The lowest BCUT2D eigenvalue weighted by molar-refractivity contribution is -0.959. The Morgan fingerprint density at radius 2 is 1.22 bits per heavy atom. The summed E-state index contributed by atoms with van der Waals surface area (Å²) in [5.74, 6) is 0. The molecule has 0 aliphatic rings. The van der Waals surface area contributed by atoms with Gasteiger partial charge in [-0.2, -0.15) is 0 Å². The number of nitrogens with zero attached hydrogens (tertiary/aromatic N) is 1. The van der Waals surface area contributed by atoms with E-state index < -0.39 is 0 Å². The lowest BCUT2D eigenvalue weighted by atomic mass is 10.7. The third-order valence-corrected chi connectivity index (χ3v) is 1.02. The zero-order valence-electron chi connectivity index (χ0n) is 5.36. The molecule has 0 rings (SSSR count). The van der Waals surface area contributed by atoms with Gasteiger partial charge in [-0.25, -0.2) is 0 Å². The van der Waals surface area contributed by atoms with Crippen LogP contribution in [0.3, 0.4) is 0 Å². The number of aliphatic hydroxyl groups excluding tert-OH is 3. The second-order valence-electron chi connectivity index (χ2n) is 2.04. The van der Waals surface area contributed by atoms with Crippen molar-refractivity contribution in [1.82, 2.24) is 0 Å². The van der Waals surface area contributed by atoms with Crippen LogP contribution < -0.4 is 0 Å². The summed E-state index contributed by atoms with van der Waals surface area (Å²) < 4.78 is -0.125. The minimum absolute atomic E-state index is 0. The average molecular weight is 139 g/mol. The molecule has 0 heterocycles. The summed E-state index contributed by atoms with van der Waals surface area (Å²) in [6.45, 7) is -0.729. The van der Waals surface area contributed by atoms with Crippen molar-refractivity contribution in [2.45, 2.75) is 0 Å². The van der Waals surface area contributed by atoms with E-state index in [1.807, 2.05) is 0 Å². The van der Waals surface area contributed by atoms with Gasteiger partial charge in [0.15, 0.2) is 20.2 Å². The molecule has 58 valence electrons. The second-order valence-corrected chi connectivity index (χ2v) is 2.04. The summed E-state index contributed by atoms with van der Waals surface area (Å²) in [4.78, 5) is 0. The Kier molecular flexibility index (Phi) is 5.99. The molecule has 5 heteroatoms. The van der Waals surface area contributed by atoms with Gasteiger partial charge in [-0.1, -0.05) is 0 Å². The standard InChI is InChI=1S/C4H12NO3.H2O/c1-5(2-6,3-7)4-8;/h6-8H,2-4H2,1H3;1H2/q+1;/p-1. The maximum absolute atomic E-state index is 8.44. The summed E-state index contributed by atoms with van der Waals surface area (Å²) in [7, 11) is 1.54. The Bertz CT molecular complexity index is 55.3. The molecule has 0 radical (unpaired) electrons. The van der Waals surface area contributed by atoms with Gasteiger partial charge < -0.3 is 20.8 Å². The van der Waals surface area contributed by atoms with Crippen LogP contribution in [0.25, 0.3) is 0 Å². The number of rotatable bonds is 3. The van der Waals surface area contributed by atoms with Crippen LogP contribution in [0.2, 0.25) is 0 Å². The number of quaternary nitrogens is 1.